The van der Waals surface area contributed by atoms with Crippen molar-refractivity contribution in [2.45, 2.75) is 50.2 Å². The van der Waals surface area contributed by atoms with Crippen LogP contribution in [0.15, 0.2) is 18.3 Å². The molecule has 3 N–H and O–H groups in total. The average Bonchev–Trinajstić information content (AvgIpc) is 3.52. The number of aliphatic carboxylic acids is 2. The lowest BCUT2D eigenvalue weighted by molar-refractivity contribution is -0.193. The van der Waals surface area contributed by atoms with Crippen LogP contribution in [0, 0.1) is 11.8 Å². The molecule has 1 aliphatic carbocycles. The summed E-state index contributed by atoms with van der Waals surface area (Å²) < 4.78 is 68.8. The molecule has 1 amide bonds. The lowest BCUT2D eigenvalue weighted by Crippen LogP contribution is -2.46. The van der Waals surface area contributed by atoms with E-state index in [2.05, 4.69) is 33.2 Å². The van der Waals surface area contributed by atoms with Gasteiger partial charge in [0.25, 0.3) is 0 Å². The van der Waals surface area contributed by atoms with Crippen LogP contribution in [-0.4, -0.2) is 101 Å². The number of carboxylic acids is 2. The first-order chi connectivity index (χ1) is 18.0. The van der Waals surface area contributed by atoms with Crippen molar-refractivity contribution in [3.63, 3.8) is 0 Å². The third-order valence-corrected chi connectivity index (χ3v) is 6.51. The molecule has 0 radical (unpaired) electrons. The van der Waals surface area contributed by atoms with Crippen molar-refractivity contribution in [1.82, 2.24) is 20.1 Å². The lowest BCUT2D eigenvalue weighted by Gasteiger charge is -2.26. The smallest absolute Gasteiger partial charge is 0.481 e. The van der Waals surface area contributed by atoms with Crippen molar-refractivity contribution in [1.29, 1.82) is 0 Å². The number of nitrogens with zero attached hydrogens (tertiary/aromatic N) is 3. The molecule has 0 aromatic carbocycles. The minimum atomic E-state index is -5.08. The van der Waals surface area contributed by atoms with E-state index in [1.165, 1.54) is 12.8 Å². The van der Waals surface area contributed by atoms with Crippen LogP contribution in [0.4, 0.5) is 26.3 Å². The minimum Gasteiger partial charge on any atom is -0.481 e. The van der Waals surface area contributed by atoms with Gasteiger partial charge < -0.3 is 20.3 Å². The third kappa shape index (κ3) is 9.84. The van der Waals surface area contributed by atoms with E-state index in [1.807, 2.05) is 6.07 Å². The number of carbonyl (C=O) groups excluding carboxylic acids is 1. The van der Waals surface area contributed by atoms with E-state index in [0.29, 0.717) is 17.8 Å². The van der Waals surface area contributed by atoms with Gasteiger partial charge in [-0.2, -0.15) is 26.3 Å². The van der Waals surface area contributed by atoms with Crippen molar-refractivity contribution in [2.24, 2.45) is 11.8 Å². The highest BCUT2D eigenvalue weighted by molar-refractivity contribution is 5.82. The summed E-state index contributed by atoms with van der Waals surface area (Å²) in [7, 11) is 3.78. The summed E-state index contributed by atoms with van der Waals surface area (Å²) in [6.45, 7) is 3.77. The first-order valence-corrected chi connectivity index (χ1v) is 11.8. The van der Waals surface area contributed by atoms with Crippen molar-refractivity contribution < 1.29 is 55.7 Å². The fraction of sp³-hybridized carbons (Fsp3) is 0.652. The fourth-order valence-corrected chi connectivity index (χ4v) is 4.39. The maximum absolute atomic E-state index is 12.5. The van der Waals surface area contributed by atoms with Crippen molar-refractivity contribution in [3.05, 3.63) is 23.9 Å². The molecule has 1 aromatic heterocycles. The van der Waals surface area contributed by atoms with Crippen LogP contribution in [0.25, 0.3) is 0 Å². The zero-order chi connectivity index (χ0) is 29.5. The first kappa shape index (κ1) is 32.1. The van der Waals surface area contributed by atoms with Gasteiger partial charge in [-0.25, -0.2) is 14.6 Å². The number of methoxy groups -OCH3 is 1. The van der Waals surface area contributed by atoms with Gasteiger partial charge in [0.15, 0.2) is 0 Å². The van der Waals surface area contributed by atoms with E-state index in [-0.39, 0.29) is 11.9 Å². The fourth-order valence-electron chi connectivity index (χ4n) is 4.39. The van der Waals surface area contributed by atoms with Gasteiger partial charge in [0.2, 0.25) is 11.8 Å². The largest absolute Gasteiger partial charge is 0.490 e. The van der Waals surface area contributed by atoms with E-state index in [0.717, 1.165) is 44.1 Å². The Kier molecular flexibility index (Phi) is 10.9. The zero-order valence-corrected chi connectivity index (χ0v) is 21.1. The summed E-state index contributed by atoms with van der Waals surface area (Å²) in [5, 5.41) is 17.4. The number of rotatable bonds is 6. The molecule has 3 atom stereocenters. The molecule has 0 unspecified atom stereocenters. The Labute approximate surface area is 219 Å². The van der Waals surface area contributed by atoms with Gasteiger partial charge in [0, 0.05) is 44.0 Å². The Hall–Kier alpha value is -3.14. The molecule has 0 bridgehead atoms. The number of nitrogens with one attached hydrogen (secondary N) is 1. The number of amides is 1. The highest BCUT2D eigenvalue weighted by atomic mass is 19.4. The predicted molar refractivity (Wildman–Crippen MR) is 123 cm³/mol. The molecule has 220 valence electrons. The summed E-state index contributed by atoms with van der Waals surface area (Å²) in [6, 6.07) is 4.56. The van der Waals surface area contributed by atoms with Gasteiger partial charge in [-0.15, -0.1) is 0 Å². The molecule has 3 aliphatic rings. The maximum atomic E-state index is 12.5. The number of likely N-dealkylation sites (N-methyl/N-ethyl adjacent to an activating group) is 1. The predicted octanol–water partition coefficient (Wildman–Crippen LogP) is 2.39. The number of alkyl halides is 6. The van der Waals surface area contributed by atoms with Crippen LogP contribution >= 0.6 is 0 Å². The van der Waals surface area contributed by atoms with Crippen LogP contribution in [0.3, 0.4) is 0 Å². The van der Waals surface area contributed by atoms with E-state index in [9.17, 15) is 31.1 Å². The van der Waals surface area contributed by atoms with Crippen molar-refractivity contribution >= 4 is 17.8 Å². The number of carboxylic acid groups (broad SMARTS) is 2. The van der Waals surface area contributed by atoms with Crippen molar-refractivity contribution in [3.8, 4) is 5.88 Å². The molecule has 10 nitrogen and oxygen atoms in total. The zero-order valence-electron chi connectivity index (χ0n) is 21.1. The summed E-state index contributed by atoms with van der Waals surface area (Å²) in [4.78, 5) is 39.3. The topological polar surface area (TPSA) is 132 Å². The molecule has 2 aliphatic heterocycles. The Morgan fingerprint density at radius 1 is 1.08 bits per heavy atom. The molecular weight excluding hydrogens is 542 g/mol. The number of likely N-dealkylation sites (tertiary alicyclic amines) is 2. The van der Waals surface area contributed by atoms with Crippen LogP contribution < -0.4 is 10.1 Å². The molecule has 1 saturated carbocycles. The van der Waals surface area contributed by atoms with Crippen LogP contribution in [0.2, 0.25) is 0 Å². The van der Waals surface area contributed by atoms with E-state index in [1.54, 1.807) is 13.3 Å². The van der Waals surface area contributed by atoms with Crippen LogP contribution in [0.5, 0.6) is 5.88 Å². The summed E-state index contributed by atoms with van der Waals surface area (Å²) in [5.41, 5.74) is 1.13. The number of hydrogen-bond donors (Lipinski definition) is 3. The number of fused-ring (bicyclic) bond motifs is 1. The molecule has 0 spiro atoms. The van der Waals surface area contributed by atoms with Gasteiger partial charge >= 0.3 is 24.3 Å². The van der Waals surface area contributed by atoms with Crippen molar-refractivity contribution in [2.75, 3.05) is 33.8 Å². The summed E-state index contributed by atoms with van der Waals surface area (Å²) >= 11 is 0. The number of ether oxygens (including phenoxy) is 1. The molecule has 39 heavy (non-hydrogen) atoms. The minimum absolute atomic E-state index is 0.0452. The second-order valence-corrected chi connectivity index (χ2v) is 9.40. The SMILES string of the molecule is COc1ncccc1CN1C[C@H]2C[C@@H](C(=O)NCC3CC3)N(C)[C@H]2C1.O=C(O)C(F)(F)F.O=C(O)C(F)(F)F. The number of aromatic nitrogens is 1. The molecular formula is C23H30F6N4O6. The molecule has 3 fully saturated rings. The van der Waals surface area contributed by atoms with Crippen LogP contribution in [0.1, 0.15) is 24.8 Å². The highest BCUT2D eigenvalue weighted by Crippen LogP contribution is 2.36. The highest BCUT2D eigenvalue weighted by Gasteiger charge is 2.47. The maximum Gasteiger partial charge on any atom is 0.490 e. The lowest BCUT2D eigenvalue weighted by atomic mass is 10.0. The monoisotopic (exact) mass is 572 g/mol. The van der Waals surface area contributed by atoms with E-state index < -0.39 is 24.3 Å². The average molecular weight is 573 g/mol. The summed E-state index contributed by atoms with van der Waals surface area (Å²) in [5.74, 6) is -3.26. The summed E-state index contributed by atoms with van der Waals surface area (Å²) in [6.07, 6.45) is -4.88. The first-order valence-electron chi connectivity index (χ1n) is 11.8. The number of hydrogen-bond acceptors (Lipinski definition) is 7. The van der Waals surface area contributed by atoms with E-state index in [4.69, 9.17) is 24.5 Å². The Bertz CT molecular complexity index is 980. The second-order valence-electron chi connectivity index (χ2n) is 9.40. The van der Waals surface area contributed by atoms with E-state index >= 15 is 0 Å². The van der Waals surface area contributed by atoms with Gasteiger partial charge in [0.1, 0.15) is 0 Å². The Morgan fingerprint density at radius 2 is 1.64 bits per heavy atom. The molecule has 2 saturated heterocycles. The van der Waals surface area contributed by atoms with Gasteiger partial charge in [0.05, 0.1) is 13.2 Å². The number of carbonyl (C=O) groups is 3. The molecule has 16 heteroatoms. The number of halogens is 6. The Morgan fingerprint density at radius 3 is 2.10 bits per heavy atom. The number of pyridine rings is 1. The molecule has 1 aromatic rings. The normalized spacial score (nSPS) is 23.0. The quantitative estimate of drug-likeness (QED) is 0.440. The Balaban J connectivity index is 0.000000317. The van der Waals surface area contributed by atoms with Gasteiger partial charge in [-0.1, -0.05) is 6.07 Å². The van der Waals surface area contributed by atoms with Gasteiger partial charge in [-0.3, -0.25) is 14.6 Å². The molecule has 4 rings (SSSR count). The standard InChI is InChI=1S/C19H28N4O2.2C2HF3O2/c1-22-16(18(24)21-9-13-5-6-13)8-15-11-23(12-17(15)22)10-14-4-3-7-20-19(14)25-2;2*3-2(4,5)1(6)7/h3-4,7,13,15-17H,5-6,8-12H2,1-2H3,(H,21,24);2*(H,6,7)/t15-,16+,17+;;/m1../s1. The molecule has 3 heterocycles. The third-order valence-electron chi connectivity index (χ3n) is 6.51. The van der Waals surface area contributed by atoms with Gasteiger partial charge in [-0.05, 0) is 44.2 Å². The second kappa shape index (κ2) is 13.3. The van der Waals surface area contributed by atoms with Crippen LogP contribution in [-0.2, 0) is 20.9 Å².